The van der Waals surface area contributed by atoms with Gasteiger partial charge in [0.05, 0.1) is 0 Å². The minimum atomic E-state index is -4.45. The Morgan fingerprint density at radius 3 is 2.27 bits per heavy atom. The van der Waals surface area contributed by atoms with Gasteiger partial charge in [-0.2, -0.15) is 18.3 Å². The average molecular weight is 167 g/mol. The molecule has 64 valence electrons. The second-order valence-electron chi connectivity index (χ2n) is 1.82. The number of nitrogens with two attached hydrogens (primary N) is 1. The summed E-state index contributed by atoms with van der Waals surface area (Å²) in [5.74, 6) is 4.65. The third kappa shape index (κ3) is 3.49. The molecule has 11 heavy (non-hydrogen) atoms. The quantitative estimate of drug-likeness (QED) is 0.264. The van der Waals surface area contributed by atoms with Gasteiger partial charge < -0.3 is 11.2 Å². The molecule has 0 aromatic carbocycles. The van der Waals surface area contributed by atoms with Gasteiger partial charge in [0.1, 0.15) is 11.5 Å². The molecule has 0 amide bonds. The van der Waals surface area contributed by atoms with Gasteiger partial charge in [-0.25, -0.2) is 0 Å². The van der Waals surface area contributed by atoms with E-state index in [1.807, 2.05) is 5.32 Å². The monoisotopic (exact) mass is 167 g/mol. The van der Waals surface area contributed by atoms with Gasteiger partial charge in [-0.05, 0) is 6.92 Å². The van der Waals surface area contributed by atoms with Crippen molar-refractivity contribution < 1.29 is 13.2 Å². The van der Waals surface area contributed by atoms with Gasteiger partial charge in [-0.1, -0.05) is 6.58 Å². The number of nitrogens with zero attached hydrogens (tertiary/aromatic N) is 1. The largest absolute Gasteiger partial charge is 0.430 e. The van der Waals surface area contributed by atoms with Crippen LogP contribution in [0.25, 0.3) is 0 Å². The lowest BCUT2D eigenvalue weighted by molar-refractivity contribution is -0.0944. The summed E-state index contributed by atoms with van der Waals surface area (Å²) in [6.07, 6.45) is -4.45. The Hall–Kier alpha value is -1.20. The van der Waals surface area contributed by atoms with Gasteiger partial charge in [0, 0.05) is 0 Å². The van der Waals surface area contributed by atoms with Crippen LogP contribution in [0.2, 0.25) is 0 Å². The van der Waals surface area contributed by atoms with E-state index in [0.29, 0.717) is 0 Å². The third-order valence-electron chi connectivity index (χ3n) is 0.868. The summed E-state index contributed by atoms with van der Waals surface area (Å²) >= 11 is 0. The molecule has 0 aliphatic heterocycles. The number of alkyl halides is 3. The number of rotatable bonds is 1. The first-order valence-electron chi connectivity index (χ1n) is 2.65. The van der Waals surface area contributed by atoms with E-state index in [1.165, 1.54) is 6.92 Å². The van der Waals surface area contributed by atoms with Crippen LogP contribution in [0.15, 0.2) is 17.4 Å². The topological polar surface area (TPSA) is 50.4 Å². The molecule has 6 heteroatoms. The van der Waals surface area contributed by atoms with Crippen molar-refractivity contribution in [3.63, 3.8) is 0 Å². The summed E-state index contributed by atoms with van der Waals surface area (Å²) in [6, 6.07) is 0. The first-order valence-corrected chi connectivity index (χ1v) is 2.65. The fourth-order valence-corrected chi connectivity index (χ4v) is 0.322. The van der Waals surface area contributed by atoms with Crippen molar-refractivity contribution in [2.45, 2.75) is 13.1 Å². The lowest BCUT2D eigenvalue weighted by atomic mass is 10.4. The van der Waals surface area contributed by atoms with Crippen LogP contribution >= 0.6 is 0 Å². The summed E-state index contributed by atoms with van der Waals surface area (Å²) in [5, 5.41) is 4.86. The number of hydrogen-bond donors (Lipinski definition) is 2. The molecule has 0 bridgehead atoms. The molecule has 0 aliphatic carbocycles. The molecule has 0 saturated heterocycles. The van der Waals surface area contributed by atoms with Gasteiger partial charge in [0.25, 0.3) is 0 Å². The van der Waals surface area contributed by atoms with E-state index in [4.69, 9.17) is 0 Å². The maximum Gasteiger partial charge on any atom is 0.430 e. The predicted molar refractivity (Wildman–Crippen MR) is 35.6 cm³/mol. The summed E-state index contributed by atoms with van der Waals surface area (Å²) in [7, 11) is 0. The van der Waals surface area contributed by atoms with E-state index in [1.54, 1.807) is 0 Å². The molecule has 0 aliphatic rings. The fraction of sp³-hybridized carbons (Fsp3) is 0.400. The van der Waals surface area contributed by atoms with Crippen LogP contribution < -0.4 is 11.2 Å². The van der Waals surface area contributed by atoms with E-state index >= 15 is 0 Å². The normalized spacial score (nSPS) is 12.9. The highest BCUT2D eigenvalue weighted by atomic mass is 19.4. The van der Waals surface area contributed by atoms with E-state index in [9.17, 15) is 13.2 Å². The van der Waals surface area contributed by atoms with Crippen molar-refractivity contribution in [3.05, 3.63) is 12.3 Å². The molecule has 0 saturated carbocycles. The van der Waals surface area contributed by atoms with Crippen molar-refractivity contribution in [1.29, 1.82) is 0 Å². The second-order valence-corrected chi connectivity index (χ2v) is 1.82. The summed E-state index contributed by atoms with van der Waals surface area (Å²) in [5.41, 5.74) is -1.08. The van der Waals surface area contributed by atoms with Gasteiger partial charge in [0.15, 0.2) is 0 Å². The first-order chi connectivity index (χ1) is 4.88. The predicted octanol–water partition coefficient (Wildman–Crippen LogP) is 0.944. The Morgan fingerprint density at radius 2 is 2.00 bits per heavy atom. The number of allylic oxidation sites excluding steroid dienone is 1. The molecule has 3 N–H and O–H groups in total. The summed E-state index contributed by atoms with van der Waals surface area (Å²) in [6.45, 7) is 4.04. The molecule has 0 aromatic heterocycles. The van der Waals surface area contributed by atoms with E-state index < -0.39 is 11.9 Å². The molecule has 0 unspecified atom stereocenters. The maximum absolute atomic E-state index is 11.7. The van der Waals surface area contributed by atoms with Crippen LogP contribution in [0.3, 0.4) is 0 Å². The SMILES string of the molecule is C=C(N/C(C)=N\N)C(F)(F)F. The Labute approximate surface area is 61.8 Å². The van der Waals surface area contributed by atoms with Crippen LogP contribution in [0, 0.1) is 0 Å². The molecule has 0 aromatic rings. The van der Waals surface area contributed by atoms with Crippen molar-refractivity contribution >= 4 is 5.84 Å². The zero-order valence-corrected chi connectivity index (χ0v) is 5.87. The highest BCUT2D eigenvalue weighted by Gasteiger charge is 2.32. The van der Waals surface area contributed by atoms with Crippen molar-refractivity contribution in [3.8, 4) is 0 Å². The Morgan fingerprint density at radius 1 is 1.55 bits per heavy atom. The summed E-state index contributed by atoms with van der Waals surface area (Å²) < 4.78 is 35.1. The molecule has 0 spiro atoms. The highest BCUT2D eigenvalue weighted by molar-refractivity contribution is 5.80. The molecule has 0 rings (SSSR count). The second kappa shape index (κ2) is 3.27. The molecular formula is C5H8F3N3. The molecule has 3 nitrogen and oxygen atoms in total. The zero-order chi connectivity index (χ0) is 9.07. The van der Waals surface area contributed by atoms with Crippen molar-refractivity contribution in [2.24, 2.45) is 10.9 Å². The Balaban J connectivity index is 4.10. The minimum Gasteiger partial charge on any atom is -0.339 e. The maximum atomic E-state index is 11.7. The molecule has 0 heterocycles. The lowest BCUT2D eigenvalue weighted by Gasteiger charge is -2.10. The van der Waals surface area contributed by atoms with Gasteiger partial charge in [-0.3, -0.25) is 0 Å². The van der Waals surface area contributed by atoms with Gasteiger partial charge in [0.2, 0.25) is 0 Å². The fourth-order valence-electron chi connectivity index (χ4n) is 0.322. The van der Waals surface area contributed by atoms with Crippen LogP contribution in [0.4, 0.5) is 13.2 Å². The van der Waals surface area contributed by atoms with E-state index in [-0.39, 0.29) is 5.84 Å². The highest BCUT2D eigenvalue weighted by Crippen LogP contribution is 2.21. The standard InChI is InChI=1S/C5H8F3N3/c1-3(5(6,7)8)10-4(2)11-9/h1,9H2,2H3,(H,10,11). The Bertz CT molecular complexity index is 182. The van der Waals surface area contributed by atoms with Crippen LogP contribution in [0.5, 0.6) is 0 Å². The third-order valence-corrected chi connectivity index (χ3v) is 0.868. The Kier molecular flexibility index (Phi) is 2.91. The average Bonchev–Trinajstić information content (AvgIpc) is 1.85. The number of nitrogens with one attached hydrogen (secondary N) is 1. The number of hydrogen-bond acceptors (Lipinski definition) is 2. The van der Waals surface area contributed by atoms with Gasteiger partial charge in [-0.15, -0.1) is 0 Å². The molecule has 0 fully saturated rings. The molecular weight excluding hydrogens is 159 g/mol. The molecule has 0 radical (unpaired) electrons. The van der Waals surface area contributed by atoms with Crippen LogP contribution in [0.1, 0.15) is 6.92 Å². The van der Waals surface area contributed by atoms with E-state index in [0.717, 1.165) is 0 Å². The summed E-state index contributed by atoms with van der Waals surface area (Å²) in [4.78, 5) is 0. The van der Waals surface area contributed by atoms with Crippen molar-refractivity contribution in [1.82, 2.24) is 5.32 Å². The first kappa shape index (κ1) is 9.80. The lowest BCUT2D eigenvalue weighted by Crippen LogP contribution is -2.29. The zero-order valence-electron chi connectivity index (χ0n) is 5.87. The van der Waals surface area contributed by atoms with Gasteiger partial charge >= 0.3 is 6.18 Å². The smallest absolute Gasteiger partial charge is 0.339 e. The minimum absolute atomic E-state index is 0.0349. The number of hydrazone groups is 1. The number of halogens is 3. The number of amidine groups is 1. The van der Waals surface area contributed by atoms with Crippen molar-refractivity contribution in [2.75, 3.05) is 0 Å². The molecule has 0 atom stereocenters. The van der Waals surface area contributed by atoms with Crippen LogP contribution in [-0.4, -0.2) is 12.0 Å². The van der Waals surface area contributed by atoms with Crippen LogP contribution in [-0.2, 0) is 0 Å². The van der Waals surface area contributed by atoms with E-state index in [2.05, 4.69) is 17.5 Å².